The van der Waals surface area contributed by atoms with Gasteiger partial charge in [0.25, 0.3) is 0 Å². The molecule has 178 valence electrons. The summed E-state index contributed by atoms with van der Waals surface area (Å²) in [5, 5.41) is 3.26. The third-order valence-electron chi connectivity index (χ3n) is 5.90. The summed E-state index contributed by atoms with van der Waals surface area (Å²) in [6.07, 6.45) is 3.98. The molecule has 0 N–H and O–H groups in total. The molecule has 6 heteroatoms. The number of thiophene rings is 1. The minimum atomic E-state index is -0.457. The maximum Gasteiger partial charge on any atom is 0.308 e. The van der Waals surface area contributed by atoms with Crippen molar-refractivity contribution >= 4 is 33.8 Å². The molecule has 4 nitrogen and oxygen atoms in total. The van der Waals surface area contributed by atoms with Crippen molar-refractivity contribution < 1.29 is 9.53 Å². The van der Waals surface area contributed by atoms with E-state index in [2.05, 4.69) is 57.0 Å². The molecule has 1 aliphatic rings. The Balaban J connectivity index is 1.77. The number of hydrogen-bond donors (Lipinski definition) is 0. The van der Waals surface area contributed by atoms with Gasteiger partial charge < -0.3 is 9.64 Å². The highest BCUT2D eigenvalue weighted by molar-refractivity contribution is 7.14. The second-order valence-electron chi connectivity index (χ2n) is 11.9. The van der Waals surface area contributed by atoms with Crippen LogP contribution < -0.4 is 4.90 Å². The average Bonchev–Trinajstić information content (AvgIpc) is 3.23. The lowest BCUT2D eigenvalue weighted by molar-refractivity contribution is -0.154. The van der Waals surface area contributed by atoms with Gasteiger partial charge in [-0.15, -0.1) is 22.7 Å². The zero-order valence-electron chi connectivity index (χ0n) is 21.1. The fourth-order valence-corrected chi connectivity index (χ4v) is 7.12. The summed E-state index contributed by atoms with van der Waals surface area (Å²) in [5.74, 6) is 0.341. The summed E-state index contributed by atoms with van der Waals surface area (Å²) in [6.45, 7) is 18.8. The van der Waals surface area contributed by atoms with Crippen LogP contribution in [-0.4, -0.2) is 23.1 Å². The van der Waals surface area contributed by atoms with Crippen molar-refractivity contribution in [1.82, 2.24) is 4.98 Å². The number of nitrogens with zero attached hydrogens (tertiary/aromatic N) is 2. The van der Waals surface area contributed by atoms with Gasteiger partial charge in [0.05, 0.1) is 18.7 Å². The summed E-state index contributed by atoms with van der Waals surface area (Å²) in [6, 6.07) is 4.34. The number of hydrogen-bond acceptors (Lipinski definition) is 6. The van der Waals surface area contributed by atoms with E-state index in [-0.39, 0.29) is 5.97 Å². The van der Waals surface area contributed by atoms with Crippen LogP contribution in [0.1, 0.15) is 95.5 Å². The molecule has 0 saturated heterocycles. The molecule has 2 aromatic heterocycles. The molecule has 0 bridgehead atoms. The molecule has 0 atom stereocenters. The van der Waals surface area contributed by atoms with Crippen LogP contribution in [0.3, 0.4) is 0 Å². The second-order valence-corrected chi connectivity index (χ2v) is 14.1. The monoisotopic (exact) mass is 476 g/mol. The normalized spacial score (nSPS) is 18.5. The Kier molecular flexibility index (Phi) is 7.45. The van der Waals surface area contributed by atoms with Crippen LogP contribution in [-0.2, 0) is 16.1 Å². The summed E-state index contributed by atoms with van der Waals surface area (Å²) in [4.78, 5) is 22.4. The van der Waals surface area contributed by atoms with Crippen molar-refractivity contribution in [2.75, 3.05) is 11.4 Å². The summed E-state index contributed by atoms with van der Waals surface area (Å²) < 4.78 is 5.54. The Morgan fingerprint density at radius 2 is 1.84 bits per heavy atom. The fourth-order valence-electron chi connectivity index (χ4n) is 5.28. The highest BCUT2D eigenvalue weighted by atomic mass is 32.1. The smallest absolute Gasteiger partial charge is 0.308 e. The van der Waals surface area contributed by atoms with Crippen molar-refractivity contribution in [3.8, 4) is 0 Å². The Morgan fingerprint density at radius 1 is 1.19 bits per heavy atom. The number of thiazole rings is 1. The Labute approximate surface area is 202 Å². The molecule has 32 heavy (non-hydrogen) atoms. The Morgan fingerprint density at radius 3 is 2.41 bits per heavy atom. The van der Waals surface area contributed by atoms with Crippen LogP contribution in [0.5, 0.6) is 0 Å². The van der Waals surface area contributed by atoms with E-state index >= 15 is 0 Å². The fraction of sp³-hybridized carbons (Fsp3) is 0.692. The predicted molar refractivity (Wildman–Crippen MR) is 137 cm³/mol. The van der Waals surface area contributed by atoms with Gasteiger partial charge in [0.2, 0.25) is 0 Å². The van der Waals surface area contributed by atoms with Crippen LogP contribution >= 0.6 is 22.7 Å². The lowest BCUT2D eigenvalue weighted by Gasteiger charge is -2.44. The Hall–Kier alpha value is -1.40. The molecule has 0 radical (unpaired) electrons. The summed E-state index contributed by atoms with van der Waals surface area (Å²) in [7, 11) is 0. The van der Waals surface area contributed by atoms with Gasteiger partial charge >= 0.3 is 5.97 Å². The van der Waals surface area contributed by atoms with E-state index in [9.17, 15) is 4.79 Å². The lowest BCUT2D eigenvalue weighted by atomic mass is 9.61. The van der Waals surface area contributed by atoms with E-state index in [4.69, 9.17) is 9.72 Å². The first-order valence-corrected chi connectivity index (χ1v) is 13.4. The number of aromatic nitrogens is 1. The number of carbonyl (C=O) groups is 1. The van der Waals surface area contributed by atoms with Crippen molar-refractivity contribution in [2.45, 2.75) is 99.1 Å². The first kappa shape index (κ1) is 25.2. The first-order chi connectivity index (χ1) is 14.7. The largest absolute Gasteiger partial charge is 0.460 e. The van der Waals surface area contributed by atoms with Gasteiger partial charge in [0.15, 0.2) is 5.13 Å². The van der Waals surface area contributed by atoms with Crippen LogP contribution in [0.2, 0.25) is 0 Å². The van der Waals surface area contributed by atoms with E-state index in [1.165, 1.54) is 34.7 Å². The van der Waals surface area contributed by atoms with E-state index in [0.29, 0.717) is 29.7 Å². The van der Waals surface area contributed by atoms with Gasteiger partial charge in [-0.3, -0.25) is 4.79 Å². The Bertz CT molecular complexity index is 904. The van der Waals surface area contributed by atoms with Crippen LogP contribution in [0.15, 0.2) is 17.5 Å². The number of rotatable bonds is 7. The van der Waals surface area contributed by atoms with Crippen molar-refractivity contribution in [3.05, 3.63) is 33.0 Å². The maximum absolute atomic E-state index is 12.4. The van der Waals surface area contributed by atoms with Gasteiger partial charge in [-0.1, -0.05) is 27.7 Å². The molecule has 1 aliphatic carbocycles. The summed E-state index contributed by atoms with van der Waals surface area (Å²) >= 11 is 3.52. The molecule has 0 amide bonds. The topological polar surface area (TPSA) is 42.4 Å². The third-order valence-corrected chi connectivity index (χ3v) is 7.81. The van der Waals surface area contributed by atoms with E-state index in [1.807, 2.05) is 32.1 Å². The van der Waals surface area contributed by atoms with Gasteiger partial charge in [-0.25, -0.2) is 4.98 Å². The molecule has 1 saturated carbocycles. The number of ether oxygens (including phenoxy) is 1. The van der Waals surface area contributed by atoms with Crippen LogP contribution in [0.4, 0.5) is 5.13 Å². The van der Waals surface area contributed by atoms with E-state index < -0.39 is 5.60 Å². The van der Waals surface area contributed by atoms with Crippen molar-refractivity contribution in [1.29, 1.82) is 0 Å². The predicted octanol–water partition coefficient (Wildman–Crippen LogP) is 7.57. The maximum atomic E-state index is 12.4. The SMILES string of the molecule is Cc1ccc(CN(CCC(=O)OC(C)(C)C)c2nc(C3CC(C)(C)CC(C)(C)C3)cs2)s1. The highest BCUT2D eigenvalue weighted by Gasteiger charge is 2.39. The highest BCUT2D eigenvalue weighted by Crippen LogP contribution is 2.52. The molecule has 0 aromatic carbocycles. The number of carbonyl (C=O) groups excluding carboxylic acids is 1. The quantitative estimate of drug-likeness (QED) is 0.386. The van der Waals surface area contributed by atoms with E-state index in [0.717, 1.165) is 11.7 Å². The number of aryl methyl sites for hydroxylation is 1. The van der Waals surface area contributed by atoms with Gasteiger partial charge in [-0.05, 0) is 69.9 Å². The minimum Gasteiger partial charge on any atom is -0.460 e. The van der Waals surface area contributed by atoms with Gasteiger partial charge in [0, 0.05) is 27.6 Å². The van der Waals surface area contributed by atoms with Gasteiger partial charge in [0.1, 0.15) is 5.60 Å². The zero-order valence-corrected chi connectivity index (χ0v) is 22.7. The molecule has 3 rings (SSSR count). The molecule has 0 spiro atoms. The summed E-state index contributed by atoms with van der Waals surface area (Å²) in [5.41, 5.74) is 1.43. The molecular formula is C26H40N2O2S2. The number of esters is 1. The van der Waals surface area contributed by atoms with Gasteiger partial charge in [-0.2, -0.15) is 0 Å². The van der Waals surface area contributed by atoms with Crippen molar-refractivity contribution in [2.24, 2.45) is 10.8 Å². The zero-order chi connectivity index (χ0) is 23.7. The average molecular weight is 477 g/mol. The molecule has 1 fully saturated rings. The van der Waals surface area contributed by atoms with Crippen LogP contribution in [0.25, 0.3) is 0 Å². The molecule has 0 aliphatic heterocycles. The molecule has 0 unspecified atom stereocenters. The molecular weight excluding hydrogens is 436 g/mol. The third kappa shape index (κ3) is 7.31. The molecule has 2 aromatic rings. The standard InChI is InChI=1S/C26H40N2O2S2/c1-18-9-10-20(32-18)15-28(12-11-22(29)30-24(2,3)4)23-27-21(16-31-23)19-13-25(5,6)17-26(7,8)14-19/h9-10,16,19H,11-15,17H2,1-8H3. The van der Waals surface area contributed by atoms with Crippen molar-refractivity contribution in [3.63, 3.8) is 0 Å². The van der Waals surface area contributed by atoms with E-state index in [1.54, 1.807) is 11.3 Å². The molecule has 2 heterocycles. The minimum absolute atomic E-state index is 0.155. The second kappa shape index (κ2) is 9.46. The lowest BCUT2D eigenvalue weighted by Crippen LogP contribution is -2.33. The number of anilines is 1. The van der Waals surface area contributed by atoms with Crippen LogP contribution in [0, 0.1) is 17.8 Å². The first-order valence-electron chi connectivity index (χ1n) is 11.7.